The Bertz CT molecular complexity index is 1130. The third-order valence-electron chi connectivity index (χ3n) is 4.30. The van der Waals surface area contributed by atoms with Crippen LogP contribution in [0.3, 0.4) is 0 Å². The number of aromatic amines is 1. The normalized spacial score (nSPS) is 11.1. The van der Waals surface area contributed by atoms with E-state index in [4.69, 9.17) is 4.74 Å². The lowest BCUT2D eigenvalue weighted by atomic mass is 10.2. The lowest BCUT2D eigenvalue weighted by Crippen LogP contribution is -2.21. The second kappa shape index (κ2) is 5.98. The maximum absolute atomic E-state index is 12.8. The fourth-order valence-corrected chi connectivity index (χ4v) is 3.02. The first-order valence-electron chi connectivity index (χ1n) is 8.13. The van der Waals surface area contributed by atoms with Gasteiger partial charge in [0.2, 0.25) is 0 Å². The minimum absolute atomic E-state index is 0.0865. The molecule has 0 aliphatic heterocycles. The Labute approximate surface area is 144 Å². The van der Waals surface area contributed by atoms with Gasteiger partial charge in [-0.25, -0.2) is 4.98 Å². The number of aromatic nitrogens is 3. The summed E-state index contributed by atoms with van der Waals surface area (Å²) in [7, 11) is 1.57. The minimum atomic E-state index is -0.0865. The molecule has 6 nitrogen and oxygen atoms in total. The van der Waals surface area contributed by atoms with E-state index in [0.29, 0.717) is 29.2 Å². The zero-order chi connectivity index (χ0) is 17.4. The van der Waals surface area contributed by atoms with E-state index in [2.05, 4.69) is 15.3 Å². The second-order valence-electron chi connectivity index (χ2n) is 5.77. The number of benzene rings is 1. The van der Waals surface area contributed by atoms with Crippen LogP contribution in [0.5, 0.6) is 5.75 Å². The molecule has 0 unspecified atom stereocenters. The predicted molar refractivity (Wildman–Crippen MR) is 99.0 cm³/mol. The Hall–Kier alpha value is -3.28. The molecule has 25 heavy (non-hydrogen) atoms. The molecule has 0 saturated heterocycles. The van der Waals surface area contributed by atoms with E-state index in [1.807, 2.05) is 37.4 Å². The highest BCUT2D eigenvalue weighted by atomic mass is 16.5. The summed E-state index contributed by atoms with van der Waals surface area (Å²) >= 11 is 0. The Balaban J connectivity index is 1.88. The molecule has 6 heteroatoms. The van der Waals surface area contributed by atoms with E-state index < -0.39 is 0 Å². The Morgan fingerprint density at radius 1 is 1.28 bits per heavy atom. The number of fused-ring (bicyclic) bond motifs is 2. The van der Waals surface area contributed by atoms with E-state index >= 15 is 0 Å². The topological polar surface area (TPSA) is 71.4 Å². The zero-order valence-corrected chi connectivity index (χ0v) is 14.0. The Morgan fingerprint density at radius 2 is 2.16 bits per heavy atom. The Morgan fingerprint density at radius 3 is 2.96 bits per heavy atom. The van der Waals surface area contributed by atoms with Crippen molar-refractivity contribution in [3.05, 3.63) is 64.7 Å². The van der Waals surface area contributed by atoms with Crippen LogP contribution in [0, 0.1) is 0 Å². The van der Waals surface area contributed by atoms with Gasteiger partial charge in [0.25, 0.3) is 5.56 Å². The number of anilines is 2. The SMILES string of the molecule is CCc1c(Nc2ccc3[nH]ccc3c2)nc2c(OC)cccn2c1=O. The van der Waals surface area contributed by atoms with Crippen LogP contribution in [-0.2, 0) is 6.42 Å². The predicted octanol–water partition coefficient (Wildman–Crippen LogP) is 3.49. The van der Waals surface area contributed by atoms with Crippen LogP contribution in [0.25, 0.3) is 16.6 Å². The van der Waals surface area contributed by atoms with Crippen molar-refractivity contribution in [2.45, 2.75) is 13.3 Å². The quantitative estimate of drug-likeness (QED) is 0.599. The van der Waals surface area contributed by atoms with Crippen LogP contribution in [0.2, 0.25) is 0 Å². The summed E-state index contributed by atoms with van der Waals surface area (Å²) in [4.78, 5) is 20.7. The first-order valence-corrected chi connectivity index (χ1v) is 8.13. The lowest BCUT2D eigenvalue weighted by Gasteiger charge is -2.13. The van der Waals surface area contributed by atoms with Crippen LogP contribution < -0.4 is 15.6 Å². The molecule has 4 rings (SSSR count). The number of nitrogens with zero attached hydrogens (tertiary/aromatic N) is 2. The zero-order valence-electron chi connectivity index (χ0n) is 14.0. The van der Waals surface area contributed by atoms with Gasteiger partial charge in [0.1, 0.15) is 5.82 Å². The Kier molecular flexibility index (Phi) is 3.65. The van der Waals surface area contributed by atoms with Gasteiger partial charge in [-0.1, -0.05) is 6.92 Å². The number of H-pyrrole nitrogens is 1. The number of pyridine rings is 1. The summed E-state index contributed by atoms with van der Waals surface area (Å²) in [6.45, 7) is 1.95. The van der Waals surface area contributed by atoms with E-state index in [9.17, 15) is 4.79 Å². The van der Waals surface area contributed by atoms with Crippen molar-refractivity contribution in [3.8, 4) is 5.75 Å². The molecule has 0 aliphatic carbocycles. The van der Waals surface area contributed by atoms with E-state index in [1.54, 1.807) is 25.4 Å². The fourth-order valence-electron chi connectivity index (χ4n) is 3.02. The molecule has 0 spiro atoms. The molecule has 3 heterocycles. The number of hydrogen-bond acceptors (Lipinski definition) is 4. The largest absolute Gasteiger partial charge is 0.493 e. The highest BCUT2D eigenvalue weighted by molar-refractivity contribution is 5.84. The van der Waals surface area contributed by atoms with Gasteiger partial charge in [-0.2, -0.15) is 0 Å². The van der Waals surface area contributed by atoms with Crippen molar-refractivity contribution < 1.29 is 4.74 Å². The molecular formula is C19H18N4O2. The minimum Gasteiger partial charge on any atom is -0.493 e. The average Bonchev–Trinajstić information content (AvgIpc) is 3.09. The molecule has 0 fully saturated rings. The molecular weight excluding hydrogens is 316 g/mol. The summed E-state index contributed by atoms with van der Waals surface area (Å²) < 4.78 is 6.88. The van der Waals surface area contributed by atoms with E-state index in [1.165, 1.54) is 4.40 Å². The van der Waals surface area contributed by atoms with Crippen molar-refractivity contribution in [2.24, 2.45) is 0 Å². The van der Waals surface area contributed by atoms with Gasteiger partial charge in [-0.05, 0) is 42.8 Å². The van der Waals surface area contributed by atoms with Crippen molar-refractivity contribution in [3.63, 3.8) is 0 Å². The number of rotatable bonds is 4. The summed E-state index contributed by atoms with van der Waals surface area (Å²) in [6, 6.07) is 11.6. The highest BCUT2D eigenvalue weighted by Crippen LogP contribution is 2.24. The van der Waals surface area contributed by atoms with Gasteiger partial charge >= 0.3 is 0 Å². The molecule has 126 valence electrons. The van der Waals surface area contributed by atoms with Crippen molar-refractivity contribution in [1.82, 2.24) is 14.4 Å². The van der Waals surface area contributed by atoms with Gasteiger partial charge in [0.05, 0.1) is 12.7 Å². The molecule has 0 bridgehead atoms. The van der Waals surface area contributed by atoms with Crippen molar-refractivity contribution in [1.29, 1.82) is 0 Å². The van der Waals surface area contributed by atoms with Crippen LogP contribution in [-0.4, -0.2) is 21.5 Å². The molecule has 0 saturated carbocycles. The standard InChI is InChI=1S/C19H18N4O2/c1-3-14-17(21-13-6-7-15-12(11-13)8-9-20-15)22-18-16(25-2)5-4-10-23(18)19(14)24/h4-11,20-21H,3H2,1-2H3. The van der Waals surface area contributed by atoms with E-state index in [-0.39, 0.29) is 5.56 Å². The van der Waals surface area contributed by atoms with E-state index in [0.717, 1.165) is 16.6 Å². The number of nitrogens with one attached hydrogen (secondary N) is 2. The summed E-state index contributed by atoms with van der Waals surface area (Å²) in [6.07, 6.45) is 4.19. The van der Waals surface area contributed by atoms with Gasteiger partial charge < -0.3 is 15.0 Å². The fraction of sp³-hybridized carbons (Fsp3) is 0.158. The maximum Gasteiger partial charge on any atom is 0.263 e. The van der Waals surface area contributed by atoms with Crippen LogP contribution in [0.1, 0.15) is 12.5 Å². The molecule has 0 atom stereocenters. The summed E-state index contributed by atoms with van der Waals surface area (Å²) in [5.41, 5.74) is 3.00. The third-order valence-corrected chi connectivity index (χ3v) is 4.30. The van der Waals surface area contributed by atoms with Crippen molar-refractivity contribution in [2.75, 3.05) is 12.4 Å². The molecule has 1 aromatic carbocycles. The van der Waals surface area contributed by atoms with Crippen LogP contribution in [0.15, 0.2) is 53.6 Å². The van der Waals surface area contributed by atoms with Crippen LogP contribution >= 0.6 is 0 Å². The van der Waals surface area contributed by atoms with Gasteiger partial charge in [0, 0.05) is 29.0 Å². The first-order chi connectivity index (χ1) is 12.2. The van der Waals surface area contributed by atoms with Gasteiger partial charge in [-0.15, -0.1) is 0 Å². The van der Waals surface area contributed by atoms with Gasteiger partial charge in [0.15, 0.2) is 11.4 Å². The number of methoxy groups -OCH3 is 1. The molecule has 2 N–H and O–H groups in total. The molecule has 3 aromatic heterocycles. The smallest absolute Gasteiger partial charge is 0.263 e. The van der Waals surface area contributed by atoms with Crippen molar-refractivity contribution >= 4 is 28.1 Å². The maximum atomic E-state index is 12.8. The van der Waals surface area contributed by atoms with Crippen LogP contribution in [0.4, 0.5) is 11.5 Å². The van der Waals surface area contributed by atoms with Gasteiger partial charge in [-0.3, -0.25) is 9.20 Å². The average molecular weight is 334 g/mol. The number of ether oxygens (including phenoxy) is 1. The highest BCUT2D eigenvalue weighted by Gasteiger charge is 2.14. The summed E-state index contributed by atoms with van der Waals surface area (Å²) in [5, 5.41) is 4.39. The molecule has 0 aliphatic rings. The monoisotopic (exact) mass is 334 g/mol. The second-order valence-corrected chi connectivity index (χ2v) is 5.77. The number of hydrogen-bond donors (Lipinski definition) is 2. The summed E-state index contributed by atoms with van der Waals surface area (Å²) in [5.74, 6) is 1.12. The molecule has 0 radical (unpaired) electrons. The molecule has 4 aromatic rings. The first kappa shape index (κ1) is 15.3. The lowest BCUT2D eigenvalue weighted by molar-refractivity contribution is 0.416. The third kappa shape index (κ3) is 2.52. The molecule has 0 amide bonds.